The van der Waals surface area contributed by atoms with Gasteiger partial charge < -0.3 is 9.64 Å². The van der Waals surface area contributed by atoms with Gasteiger partial charge in [-0.05, 0) is 71.7 Å². The molecule has 1 aromatic rings. The molecule has 0 amide bonds. The Hall–Kier alpha value is -3.24. The van der Waals surface area contributed by atoms with Crippen LogP contribution < -0.4 is 4.90 Å². The maximum Gasteiger partial charge on any atom is 0.137 e. The molecule has 0 saturated heterocycles. The van der Waals surface area contributed by atoms with Crippen LogP contribution in [-0.2, 0) is 17.6 Å². The van der Waals surface area contributed by atoms with Gasteiger partial charge in [0, 0.05) is 29.8 Å². The van der Waals surface area contributed by atoms with E-state index in [2.05, 4.69) is 71.6 Å². The highest BCUT2D eigenvalue weighted by Gasteiger charge is 2.31. The number of aryl methyl sites for hydroxylation is 1. The summed E-state index contributed by atoms with van der Waals surface area (Å²) in [5, 5.41) is 18.8. The lowest BCUT2D eigenvalue weighted by molar-refractivity contribution is 0.223. The van der Waals surface area contributed by atoms with Crippen molar-refractivity contribution in [1.29, 1.82) is 10.5 Å². The van der Waals surface area contributed by atoms with Gasteiger partial charge >= 0.3 is 0 Å². The zero-order valence-corrected chi connectivity index (χ0v) is 22.5. The minimum atomic E-state index is -0.247. The van der Waals surface area contributed by atoms with Crippen LogP contribution in [-0.4, -0.2) is 13.1 Å². The molecule has 2 heterocycles. The molecule has 1 aromatic carbocycles. The predicted octanol–water partition coefficient (Wildman–Crippen LogP) is 7.64. The van der Waals surface area contributed by atoms with Crippen molar-refractivity contribution in [3.05, 3.63) is 69.7 Å². The molecule has 0 atom stereocenters. The van der Waals surface area contributed by atoms with Crippen LogP contribution in [0.25, 0.3) is 6.08 Å². The van der Waals surface area contributed by atoms with Gasteiger partial charge in [0.1, 0.15) is 29.2 Å². The molecule has 4 nitrogen and oxygen atoms in total. The van der Waals surface area contributed by atoms with Crippen molar-refractivity contribution in [2.24, 2.45) is 10.8 Å². The van der Waals surface area contributed by atoms with E-state index in [-0.39, 0.29) is 16.4 Å². The lowest BCUT2D eigenvalue weighted by Gasteiger charge is -2.42. The summed E-state index contributed by atoms with van der Waals surface area (Å²) in [6.45, 7) is 17.6. The van der Waals surface area contributed by atoms with E-state index >= 15 is 0 Å². The lowest BCUT2D eigenvalue weighted by Crippen LogP contribution is -2.41. The Morgan fingerprint density at radius 3 is 2.40 bits per heavy atom. The highest BCUT2D eigenvalue weighted by atomic mass is 16.5. The van der Waals surface area contributed by atoms with E-state index in [0.29, 0.717) is 11.3 Å². The van der Waals surface area contributed by atoms with Gasteiger partial charge in [-0.1, -0.05) is 61.0 Å². The molecule has 35 heavy (non-hydrogen) atoms. The fraction of sp³-hybridized carbons (Fsp3) is 0.484. The Morgan fingerprint density at radius 2 is 1.80 bits per heavy atom. The van der Waals surface area contributed by atoms with Crippen LogP contribution >= 0.6 is 0 Å². The molecule has 184 valence electrons. The maximum atomic E-state index is 9.41. The molecule has 0 aliphatic carbocycles. The van der Waals surface area contributed by atoms with Crippen LogP contribution in [0.2, 0.25) is 0 Å². The third-order valence-corrected chi connectivity index (χ3v) is 6.41. The topological polar surface area (TPSA) is 60.1 Å². The molecule has 2 aliphatic heterocycles. The van der Waals surface area contributed by atoms with Crippen LogP contribution in [0.4, 0.5) is 5.69 Å². The first-order chi connectivity index (χ1) is 16.5. The Bertz CT molecular complexity index is 1160. The number of nitrogens with zero attached hydrogens (tertiary/aromatic N) is 3. The average Bonchev–Trinajstić information content (AvgIpc) is 2.77. The van der Waals surface area contributed by atoms with Gasteiger partial charge in [0.2, 0.25) is 0 Å². The number of nitriles is 2. The third-order valence-electron chi connectivity index (χ3n) is 6.41. The first kappa shape index (κ1) is 26.4. The summed E-state index contributed by atoms with van der Waals surface area (Å²) >= 11 is 0. The van der Waals surface area contributed by atoms with Crippen molar-refractivity contribution in [2.75, 3.05) is 18.0 Å². The van der Waals surface area contributed by atoms with E-state index < -0.39 is 0 Å². The molecule has 0 aromatic heterocycles. The van der Waals surface area contributed by atoms with E-state index in [0.717, 1.165) is 50.1 Å². The van der Waals surface area contributed by atoms with Crippen molar-refractivity contribution < 1.29 is 4.74 Å². The minimum absolute atomic E-state index is 0.0956. The van der Waals surface area contributed by atoms with Gasteiger partial charge in [-0.3, -0.25) is 0 Å². The van der Waals surface area contributed by atoms with E-state index in [9.17, 15) is 10.5 Å². The number of allylic oxidation sites excluding steroid dienone is 6. The zero-order valence-electron chi connectivity index (χ0n) is 22.5. The maximum absolute atomic E-state index is 9.41. The Morgan fingerprint density at radius 1 is 1.09 bits per heavy atom. The fourth-order valence-electron chi connectivity index (χ4n) is 4.96. The molecule has 0 radical (unpaired) electrons. The quantitative estimate of drug-likeness (QED) is 0.402. The first-order valence-electron chi connectivity index (χ1n) is 12.8. The van der Waals surface area contributed by atoms with Crippen molar-refractivity contribution in [1.82, 2.24) is 0 Å². The van der Waals surface area contributed by atoms with Crippen LogP contribution in [0.5, 0.6) is 0 Å². The van der Waals surface area contributed by atoms with E-state index in [1.54, 1.807) is 6.08 Å². The number of ether oxygens (including phenoxy) is 1. The summed E-state index contributed by atoms with van der Waals surface area (Å²) in [6, 6.07) is 8.66. The zero-order chi connectivity index (χ0) is 25.8. The normalized spacial score (nSPS) is 17.2. The second-order valence-corrected chi connectivity index (χ2v) is 11.5. The van der Waals surface area contributed by atoms with Crippen molar-refractivity contribution >= 4 is 11.8 Å². The summed E-state index contributed by atoms with van der Waals surface area (Å²) in [4.78, 5) is 2.59. The van der Waals surface area contributed by atoms with Gasteiger partial charge in [-0.25, -0.2) is 0 Å². The molecule has 0 spiro atoms. The Labute approximate surface area is 211 Å². The van der Waals surface area contributed by atoms with Gasteiger partial charge in [0.15, 0.2) is 0 Å². The van der Waals surface area contributed by atoms with Crippen LogP contribution in [0.1, 0.15) is 78.0 Å². The van der Waals surface area contributed by atoms with E-state index in [1.807, 2.05) is 24.3 Å². The van der Waals surface area contributed by atoms with Gasteiger partial charge in [0.25, 0.3) is 0 Å². The van der Waals surface area contributed by atoms with Crippen LogP contribution in [0.3, 0.4) is 0 Å². The lowest BCUT2D eigenvalue weighted by atomic mass is 9.79. The SMILES string of the molecule is CCCc1cc(/C=C/C2=CC(=C(C#N)C#N)C=C(C(C)(C)C)O2)cc2c1N(CCC)CC(C)(C)C2. The second kappa shape index (κ2) is 10.6. The molecular formula is C31H39N3O. The average molecular weight is 470 g/mol. The Balaban J connectivity index is 2.04. The summed E-state index contributed by atoms with van der Waals surface area (Å²) in [6.07, 6.45) is 12.0. The molecule has 3 rings (SSSR count). The number of hydrogen-bond donors (Lipinski definition) is 0. The van der Waals surface area contributed by atoms with Crippen molar-refractivity contribution in [3.8, 4) is 12.1 Å². The van der Waals surface area contributed by atoms with Gasteiger partial charge in [0.05, 0.1) is 0 Å². The summed E-state index contributed by atoms with van der Waals surface area (Å²) in [5.74, 6) is 1.38. The summed E-state index contributed by atoms with van der Waals surface area (Å²) in [7, 11) is 0. The fourth-order valence-corrected chi connectivity index (χ4v) is 4.96. The summed E-state index contributed by atoms with van der Waals surface area (Å²) in [5.41, 5.74) is 6.12. The predicted molar refractivity (Wildman–Crippen MR) is 144 cm³/mol. The molecule has 2 aliphatic rings. The minimum Gasteiger partial charge on any atom is -0.461 e. The number of rotatable bonds is 6. The monoisotopic (exact) mass is 469 g/mol. The summed E-state index contributed by atoms with van der Waals surface area (Å²) < 4.78 is 6.19. The van der Waals surface area contributed by atoms with Crippen molar-refractivity contribution in [2.45, 2.75) is 74.1 Å². The van der Waals surface area contributed by atoms with Gasteiger partial charge in [-0.2, -0.15) is 10.5 Å². The van der Waals surface area contributed by atoms with Gasteiger partial charge in [-0.15, -0.1) is 0 Å². The number of benzene rings is 1. The van der Waals surface area contributed by atoms with E-state index in [1.165, 1.54) is 16.8 Å². The van der Waals surface area contributed by atoms with Crippen LogP contribution in [0, 0.1) is 33.5 Å². The number of fused-ring (bicyclic) bond motifs is 1. The molecular weight excluding hydrogens is 430 g/mol. The van der Waals surface area contributed by atoms with Crippen molar-refractivity contribution in [3.63, 3.8) is 0 Å². The third kappa shape index (κ3) is 6.26. The molecule has 0 bridgehead atoms. The number of anilines is 1. The Kier molecular flexibility index (Phi) is 7.97. The van der Waals surface area contributed by atoms with Crippen LogP contribution in [0.15, 0.2) is 53.0 Å². The highest BCUT2D eigenvalue weighted by Crippen LogP contribution is 2.40. The number of hydrogen-bond acceptors (Lipinski definition) is 4. The molecule has 0 N–H and O–H groups in total. The second-order valence-electron chi connectivity index (χ2n) is 11.5. The molecule has 0 saturated carbocycles. The highest BCUT2D eigenvalue weighted by molar-refractivity contribution is 5.68. The first-order valence-corrected chi connectivity index (χ1v) is 12.8. The molecule has 4 heteroatoms. The smallest absolute Gasteiger partial charge is 0.137 e. The molecule has 0 fully saturated rings. The standard InChI is InChI=1S/C31H39N3O/c1-8-10-23-14-22(15-25-18-31(6,7)21-34(13-9-2)29(23)25)11-12-27-16-24(26(19-32)20-33)17-28(35-27)30(3,4)5/h11-12,14-17H,8-10,13,18,21H2,1-7H3/b12-11+. The largest absolute Gasteiger partial charge is 0.461 e. The molecule has 0 unspecified atom stereocenters. The van der Waals surface area contributed by atoms with E-state index in [4.69, 9.17) is 4.74 Å².